The van der Waals surface area contributed by atoms with Crippen molar-refractivity contribution in [2.24, 2.45) is 5.10 Å². The van der Waals surface area contributed by atoms with Gasteiger partial charge in [-0.3, -0.25) is 4.79 Å². The van der Waals surface area contributed by atoms with Gasteiger partial charge in [-0.05, 0) is 30.5 Å². The number of carbonyl (C=O) groups excluding carboxylic acids is 1. The van der Waals surface area contributed by atoms with Crippen LogP contribution in [0.15, 0.2) is 23.3 Å². The molecule has 1 amide bonds. The van der Waals surface area contributed by atoms with Crippen molar-refractivity contribution in [2.75, 3.05) is 20.3 Å². The normalized spacial score (nSPS) is 14.6. The highest BCUT2D eigenvalue weighted by atomic mass is 19.1. The van der Waals surface area contributed by atoms with Crippen LogP contribution in [0, 0.1) is 5.82 Å². The summed E-state index contributed by atoms with van der Waals surface area (Å²) in [7, 11) is 1.62. The molecule has 2 rings (SSSR count). The minimum atomic E-state index is -0.319. The fourth-order valence-corrected chi connectivity index (χ4v) is 1.75. The number of ether oxygens (including phenoxy) is 2. The average Bonchev–Trinajstić information content (AvgIpc) is 2.42. The smallest absolute Gasteiger partial charge is 0.278 e. The molecule has 0 aliphatic carbocycles. The van der Waals surface area contributed by atoms with E-state index in [-0.39, 0.29) is 24.2 Å². The van der Waals surface area contributed by atoms with Crippen molar-refractivity contribution in [1.29, 1.82) is 0 Å². The van der Waals surface area contributed by atoms with Crippen LogP contribution in [-0.2, 0) is 20.7 Å². The first-order valence-corrected chi connectivity index (χ1v) is 5.98. The molecule has 19 heavy (non-hydrogen) atoms. The Morgan fingerprint density at radius 1 is 1.53 bits per heavy atom. The van der Waals surface area contributed by atoms with Gasteiger partial charge in [0.15, 0.2) is 6.61 Å². The van der Waals surface area contributed by atoms with Gasteiger partial charge >= 0.3 is 0 Å². The second kappa shape index (κ2) is 6.29. The number of amides is 1. The first-order valence-electron chi connectivity index (χ1n) is 5.98. The van der Waals surface area contributed by atoms with Crippen molar-refractivity contribution < 1.29 is 18.7 Å². The van der Waals surface area contributed by atoms with E-state index in [0.29, 0.717) is 24.2 Å². The van der Waals surface area contributed by atoms with Crippen molar-refractivity contribution in [3.63, 3.8) is 0 Å². The molecule has 1 N–H and O–H groups in total. The molecule has 1 aromatic carbocycles. The van der Waals surface area contributed by atoms with Crippen LogP contribution >= 0.6 is 0 Å². The number of nitrogens with zero attached hydrogens (tertiary/aromatic N) is 1. The molecule has 5 nitrogen and oxygen atoms in total. The van der Waals surface area contributed by atoms with Gasteiger partial charge in [-0.15, -0.1) is 5.10 Å². The third-order valence-corrected chi connectivity index (χ3v) is 2.72. The van der Waals surface area contributed by atoms with E-state index in [2.05, 4.69) is 10.5 Å². The van der Waals surface area contributed by atoms with Crippen LogP contribution in [0.5, 0.6) is 0 Å². The number of hydrogen-bond donors (Lipinski definition) is 1. The van der Waals surface area contributed by atoms with E-state index in [1.54, 1.807) is 19.2 Å². The van der Waals surface area contributed by atoms with Crippen LogP contribution in [0.1, 0.15) is 17.5 Å². The van der Waals surface area contributed by atoms with E-state index < -0.39 is 0 Å². The van der Waals surface area contributed by atoms with Crippen molar-refractivity contribution in [3.8, 4) is 0 Å². The molecule has 0 radical (unpaired) electrons. The number of aryl methyl sites for hydroxylation is 1. The highest BCUT2D eigenvalue weighted by Crippen LogP contribution is 2.14. The summed E-state index contributed by atoms with van der Waals surface area (Å²) in [6.07, 6.45) is 1.38. The van der Waals surface area contributed by atoms with Gasteiger partial charge in [-0.25, -0.2) is 9.82 Å². The second-order valence-electron chi connectivity index (χ2n) is 4.14. The summed E-state index contributed by atoms with van der Waals surface area (Å²) in [4.78, 5) is 10.9. The number of benzene rings is 1. The molecule has 0 fully saturated rings. The summed E-state index contributed by atoms with van der Waals surface area (Å²) in [5.74, 6) is -0.404. The van der Waals surface area contributed by atoms with Crippen molar-refractivity contribution in [2.45, 2.75) is 12.8 Å². The van der Waals surface area contributed by atoms with Crippen molar-refractivity contribution in [3.05, 3.63) is 35.1 Å². The standard InChI is InChI=1S/C13H15FN2O3/c1-18-6-2-3-9-4-5-10(7-11(9)14)13-16-15-12(17)8-19-13/h4-5,7H,2-3,6,8H2,1H3,(H,15,17). The van der Waals surface area contributed by atoms with Crippen LogP contribution in [-0.4, -0.2) is 32.1 Å². The van der Waals surface area contributed by atoms with Crippen LogP contribution in [0.4, 0.5) is 4.39 Å². The SMILES string of the molecule is COCCCc1ccc(C2=NNC(=O)CO2)cc1F. The van der Waals surface area contributed by atoms with Gasteiger partial charge in [-0.2, -0.15) is 0 Å². The zero-order chi connectivity index (χ0) is 13.7. The highest BCUT2D eigenvalue weighted by molar-refractivity contribution is 5.97. The van der Waals surface area contributed by atoms with Gasteiger partial charge in [0.05, 0.1) is 0 Å². The second-order valence-corrected chi connectivity index (χ2v) is 4.14. The van der Waals surface area contributed by atoms with Gasteiger partial charge in [0, 0.05) is 19.3 Å². The number of carbonyl (C=O) groups is 1. The minimum absolute atomic E-state index is 0.101. The Morgan fingerprint density at radius 3 is 3.00 bits per heavy atom. The number of hydrogen-bond acceptors (Lipinski definition) is 4. The topological polar surface area (TPSA) is 59.9 Å². The van der Waals surface area contributed by atoms with E-state index in [4.69, 9.17) is 9.47 Å². The maximum atomic E-state index is 13.9. The molecule has 1 heterocycles. The van der Waals surface area contributed by atoms with Crippen LogP contribution in [0.25, 0.3) is 0 Å². The summed E-state index contributed by atoms with van der Waals surface area (Å²) in [6, 6.07) is 4.78. The molecule has 0 aromatic heterocycles. The first kappa shape index (κ1) is 13.5. The molecule has 1 aromatic rings. The number of hydrazone groups is 1. The molecule has 0 spiro atoms. The fraction of sp³-hybridized carbons (Fsp3) is 0.385. The molecule has 6 heteroatoms. The lowest BCUT2D eigenvalue weighted by Crippen LogP contribution is -2.32. The van der Waals surface area contributed by atoms with E-state index >= 15 is 0 Å². The Balaban J connectivity index is 2.08. The van der Waals surface area contributed by atoms with Gasteiger partial charge in [0.2, 0.25) is 5.90 Å². The summed E-state index contributed by atoms with van der Waals surface area (Å²) in [5, 5.41) is 3.74. The molecule has 1 aliphatic heterocycles. The maximum absolute atomic E-state index is 13.9. The van der Waals surface area contributed by atoms with Crippen molar-refractivity contribution in [1.82, 2.24) is 5.43 Å². The van der Waals surface area contributed by atoms with Crippen LogP contribution in [0.3, 0.4) is 0 Å². The van der Waals surface area contributed by atoms with Crippen LogP contribution in [0.2, 0.25) is 0 Å². The van der Waals surface area contributed by atoms with E-state index in [1.165, 1.54) is 6.07 Å². The summed E-state index contributed by atoms with van der Waals surface area (Å²) < 4.78 is 23.9. The Kier molecular flexibility index (Phi) is 4.46. The molecule has 0 saturated carbocycles. The van der Waals surface area contributed by atoms with Gasteiger partial charge in [0.1, 0.15) is 5.82 Å². The zero-order valence-electron chi connectivity index (χ0n) is 10.6. The largest absolute Gasteiger partial charge is 0.466 e. The molecular weight excluding hydrogens is 251 g/mol. The van der Waals surface area contributed by atoms with Crippen molar-refractivity contribution >= 4 is 11.8 Å². The van der Waals surface area contributed by atoms with Gasteiger partial charge < -0.3 is 9.47 Å². The predicted molar refractivity (Wildman–Crippen MR) is 67.2 cm³/mol. The minimum Gasteiger partial charge on any atom is -0.466 e. The van der Waals surface area contributed by atoms with Crippen LogP contribution < -0.4 is 5.43 Å². The Morgan fingerprint density at radius 2 is 2.37 bits per heavy atom. The van der Waals surface area contributed by atoms with E-state index in [1.807, 2.05) is 0 Å². The molecule has 0 saturated heterocycles. The summed E-state index contributed by atoms with van der Waals surface area (Å²) >= 11 is 0. The Labute approximate surface area is 110 Å². The van der Waals surface area contributed by atoms with E-state index in [0.717, 1.165) is 6.42 Å². The monoisotopic (exact) mass is 266 g/mol. The Bertz CT molecular complexity index is 503. The summed E-state index contributed by atoms with van der Waals surface area (Å²) in [6.45, 7) is 0.499. The van der Waals surface area contributed by atoms with E-state index in [9.17, 15) is 9.18 Å². The lowest BCUT2D eigenvalue weighted by atomic mass is 10.1. The lowest BCUT2D eigenvalue weighted by Gasteiger charge is -2.14. The number of methoxy groups -OCH3 is 1. The molecule has 0 bridgehead atoms. The summed E-state index contributed by atoms with van der Waals surface area (Å²) in [5.41, 5.74) is 3.43. The van der Waals surface area contributed by atoms with Gasteiger partial charge in [0.25, 0.3) is 5.91 Å². The number of nitrogens with one attached hydrogen (secondary N) is 1. The average molecular weight is 266 g/mol. The molecular formula is C13H15FN2O3. The number of halogens is 1. The molecule has 102 valence electrons. The predicted octanol–water partition coefficient (Wildman–Crippen LogP) is 1.21. The zero-order valence-corrected chi connectivity index (χ0v) is 10.6. The first-order chi connectivity index (χ1) is 9.20. The third kappa shape index (κ3) is 3.51. The third-order valence-electron chi connectivity index (χ3n) is 2.72. The Hall–Kier alpha value is -1.95. The highest BCUT2D eigenvalue weighted by Gasteiger charge is 2.15. The fourth-order valence-electron chi connectivity index (χ4n) is 1.75. The molecule has 0 unspecified atom stereocenters. The molecule has 0 atom stereocenters. The maximum Gasteiger partial charge on any atom is 0.278 e. The lowest BCUT2D eigenvalue weighted by molar-refractivity contribution is -0.124. The van der Waals surface area contributed by atoms with Gasteiger partial charge in [-0.1, -0.05) is 6.07 Å². The number of rotatable bonds is 5. The quantitative estimate of drug-likeness (QED) is 0.815. The molecule has 1 aliphatic rings.